The van der Waals surface area contributed by atoms with Gasteiger partial charge >= 0.3 is 5.97 Å². The predicted octanol–water partition coefficient (Wildman–Crippen LogP) is 2.43. The molecule has 1 amide bonds. The van der Waals surface area contributed by atoms with Gasteiger partial charge in [0, 0.05) is 38.6 Å². The Morgan fingerprint density at radius 1 is 1.23 bits per heavy atom. The second-order valence-electron chi connectivity index (χ2n) is 8.81. The van der Waals surface area contributed by atoms with Crippen molar-refractivity contribution in [3.05, 3.63) is 30.1 Å². The first-order chi connectivity index (χ1) is 14.6. The Labute approximate surface area is 178 Å². The van der Waals surface area contributed by atoms with E-state index in [0.29, 0.717) is 51.7 Å². The van der Waals surface area contributed by atoms with E-state index in [-0.39, 0.29) is 17.9 Å². The summed E-state index contributed by atoms with van der Waals surface area (Å²) in [4.78, 5) is 34.8. The van der Waals surface area contributed by atoms with Gasteiger partial charge in [0.05, 0.1) is 25.2 Å². The summed E-state index contributed by atoms with van der Waals surface area (Å²) in [5.41, 5.74) is 0.501. The molecule has 7 nitrogen and oxygen atoms in total. The Kier molecular flexibility index (Phi) is 6.68. The number of piperidine rings is 1. The van der Waals surface area contributed by atoms with Crippen LogP contribution in [0, 0.1) is 11.3 Å². The van der Waals surface area contributed by atoms with Crippen LogP contribution in [0.25, 0.3) is 0 Å². The molecule has 0 aromatic carbocycles. The zero-order chi connectivity index (χ0) is 21.0. The van der Waals surface area contributed by atoms with E-state index in [2.05, 4.69) is 9.88 Å². The van der Waals surface area contributed by atoms with E-state index in [9.17, 15) is 9.59 Å². The number of hydrogen-bond acceptors (Lipinski definition) is 6. The largest absolute Gasteiger partial charge is 0.466 e. The molecule has 0 radical (unpaired) electrons. The Morgan fingerprint density at radius 3 is 2.57 bits per heavy atom. The highest BCUT2D eigenvalue weighted by atomic mass is 16.5. The minimum atomic E-state index is -0.420. The van der Waals surface area contributed by atoms with Gasteiger partial charge in [-0.2, -0.15) is 0 Å². The second-order valence-corrected chi connectivity index (χ2v) is 8.81. The number of amides is 1. The highest BCUT2D eigenvalue weighted by Gasteiger charge is 2.47. The highest BCUT2D eigenvalue weighted by Crippen LogP contribution is 2.46. The van der Waals surface area contributed by atoms with Crippen molar-refractivity contribution < 1.29 is 19.1 Å². The molecule has 0 bridgehead atoms. The third kappa shape index (κ3) is 4.67. The summed E-state index contributed by atoms with van der Waals surface area (Å²) in [6, 6.07) is 3.51. The topological polar surface area (TPSA) is 72.0 Å². The lowest BCUT2D eigenvalue weighted by Crippen LogP contribution is -2.52. The molecule has 3 fully saturated rings. The SMILES string of the molecule is CCOC(=O)C1(CC2CC2)CCN(C(=O)[C@H](c2cccnc2)N2CCOCC2)CC1. The van der Waals surface area contributed by atoms with Crippen molar-refractivity contribution in [1.82, 2.24) is 14.8 Å². The van der Waals surface area contributed by atoms with Crippen molar-refractivity contribution in [1.29, 1.82) is 0 Å². The van der Waals surface area contributed by atoms with Gasteiger partial charge in [-0.3, -0.25) is 19.5 Å². The van der Waals surface area contributed by atoms with Crippen molar-refractivity contribution in [2.75, 3.05) is 46.0 Å². The third-order valence-electron chi connectivity index (χ3n) is 6.76. The number of carbonyl (C=O) groups excluding carboxylic acids is 2. The average Bonchev–Trinajstić information content (AvgIpc) is 3.60. The number of nitrogens with zero attached hydrogens (tertiary/aromatic N) is 3. The standard InChI is InChI=1S/C23H33N3O4/c1-2-30-22(28)23(16-18-5-6-18)7-10-26(11-8-23)21(27)20(19-4-3-9-24-17-19)25-12-14-29-15-13-25/h3-4,9,17-18,20H,2,5-8,10-16H2,1H3/t20-/m0/s1. The zero-order valence-corrected chi connectivity index (χ0v) is 17.9. The molecule has 1 aromatic heterocycles. The molecular formula is C23H33N3O4. The molecule has 1 aromatic rings. The Morgan fingerprint density at radius 2 is 1.97 bits per heavy atom. The van der Waals surface area contributed by atoms with Crippen molar-refractivity contribution in [2.45, 2.75) is 45.1 Å². The van der Waals surface area contributed by atoms with Crippen LogP contribution in [0.2, 0.25) is 0 Å². The van der Waals surface area contributed by atoms with E-state index in [1.807, 2.05) is 24.0 Å². The number of morpholine rings is 1. The number of ether oxygens (including phenoxy) is 2. The molecule has 164 valence electrons. The van der Waals surface area contributed by atoms with Crippen LogP contribution in [0.15, 0.2) is 24.5 Å². The van der Waals surface area contributed by atoms with Crippen LogP contribution in [-0.2, 0) is 19.1 Å². The molecule has 1 aliphatic carbocycles. The normalized spacial score (nSPS) is 23.0. The molecule has 3 aliphatic rings. The smallest absolute Gasteiger partial charge is 0.312 e. The highest BCUT2D eigenvalue weighted by molar-refractivity contribution is 5.84. The molecule has 0 unspecified atom stereocenters. The van der Waals surface area contributed by atoms with Gasteiger partial charge in [-0.1, -0.05) is 18.9 Å². The molecule has 2 saturated heterocycles. The van der Waals surface area contributed by atoms with Crippen molar-refractivity contribution in [3.63, 3.8) is 0 Å². The van der Waals surface area contributed by atoms with Crippen LogP contribution in [0.4, 0.5) is 0 Å². The van der Waals surface area contributed by atoms with Gasteiger partial charge in [-0.15, -0.1) is 0 Å². The van der Waals surface area contributed by atoms with E-state index >= 15 is 0 Å². The minimum Gasteiger partial charge on any atom is -0.466 e. The number of esters is 1. The first-order valence-electron chi connectivity index (χ1n) is 11.3. The molecule has 2 aliphatic heterocycles. The van der Waals surface area contributed by atoms with Gasteiger partial charge in [-0.05, 0) is 43.7 Å². The summed E-state index contributed by atoms with van der Waals surface area (Å²) in [7, 11) is 0. The molecule has 3 heterocycles. The molecule has 1 saturated carbocycles. The van der Waals surface area contributed by atoms with Gasteiger partial charge < -0.3 is 14.4 Å². The number of carbonyl (C=O) groups is 2. The summed E-state index contributed by atoms with van der Waals surface area (Å²) in [5, 5.41) is 0. The van der Waals surface area contributed by atoms with Crippen LogP contribution in [0.3, 0.4) is 0 Å². The van der Waals surface area contributed by atoms with Crippen LogP contribution >= 0.6 is 0 Å². The second kappa shape index (κ2) is 9.43. The van der Waals surface area contributed by atoms with Gasteiger partial charge in [0.25, 0.3) is 0 Å². The van der Waals surface area contributed by atoms with E-state index in [0.717, 1.165) is 25.1 Å². The molecule has 30 heavy (non-hydrogen) atoms. The first-order valence-corrected chi connectivity index (χ1v) is 11.3. The van der Waals surface area contributed by atoms with E-state index in [4.69, 9.17) is 9.47 Å². The summed E-state index contributed by atoms with van der Waals surface area (Å²) in [6.45, 7) is 6.21. The van der Waals surface area contributed by atoms with Gasteiger partial charge in [0.15, 0.2) is 0 Å². The number of pyridine rings is 1. The van der Waals surface area contributed by atoms with Crippen molar-refractivity contribution in [3.8, 4) is 0 Å². The zero-order valence-electron chi connectivity index (χ0n) is 17.9. The lowest BCUT2D eigenvalue weighted by atomic mass is 9.74. The van der Waals surface area contributed by atoms with E-state index < -0.39 is 5.41 Å². The van der Waals surface area contributed by atoms with Crippen LogP contribution in [0.5, 0.6) is 0 Å². The third-order valence-corrected chi connectivity index (χ3v) is 6.76. The molecule has 4 rings (SSSR count). The minimum absolute atomic E-state index is 0.0685. The average molecular weight is 416 g/mol. The number of likely N-dealkylation sites (tertiary alicyclic amines) is 1. The lowest BCUT2D eigenvalue weighted by Gasteiger charge is -2.43. The molecule has 0 spiro atoms. The molecule has 0 N–H and O–H groups in total. The maximum atomic E-state index is 13.6. The van der Waals surface area contributed by atoms with E-state index in [1.165, 1.54) is 12.8 Å². The first kappa shape index (κ1) is 21.2. The number of aromatic nitrogens is 1. The van der Waals surface area contributed by atoms with Gasteiger partial charge in [0.2, 0.25) is 5.91 Å². The van der Waals surface area contributed by atoms with Gasteiger partial charge in [-0.25, -0.2) is 0 Å². The Bertz CT molecular complexity index is 723. The van der Waals surface area contributed by atoms with Crippen LogP contribution in [-0.4, -0.2) is 72.7 Å². The Hall–Kier alpha value is -1.99. The van der Waals surface area contributed by atoms with Gasteiger partial charge in [0.1, 0.15) is 6.04 Å². The predicted molar refractivity (Wildman–Crippen MR) is 112 cm³/mol. The summed E-state index contributed by atoms with van der Waals surface area (Å²) in [5.74, 6) is 0.683. The van der Waals surface area contributed by atoms with Crippen molar-refractivity contribution in [2.24, 2.45) is 11.3 Å². The quantitative estimate of drug-likeness (QED) is 0.637. The fourth-order valence-electron chi connectivity index (χ4n) is 4.86. The molecular weight excluding hydrogens is 382 g/mol. The van der Waals surface area contributed by atoms with Crippen LogP contribution in [0.1, 0.15) is 50.6 Å². The summed E-state index contributed by atoms with van der Waals surface area (Å²) in [6.07, 6.45) is 8.24. The van der Waals surface area contributed by atoms with Crippen molar-refractivity contribution >= 4 is 11.9 Å². The maximum absolute atomic E-state index is 13.6. The fourth-order valence-corrected chi connectivity index (χ4v) is 4.86. The summed E-state index contributed by atoms with van der Waals surface area (Å²) >= 11 is 0. The monoisotopic (exact) mass is 415 g/mol. The Balaban J connectivity index is 1.48. The molecule has 1 atom stereocenters. The lowest BCUT2D eigenvalue weighted by molar-refractivity contribution is -0.162. The summed E-state index contributed by atoms with van der Waals surface area (Å²) < 4.78 is 10.9. The van der Waals surface area contributed by atoms with Crippen LogP contribution < -0.4 is 0 Å². The molecule has 7 heteroatoms. The van der Waals surface area contributed by atoms with E-state index in [1.54, 1.807) is 12.4 Å². The fraction of sp³-hybridized carbons (Fsp3) is 0.696. The number of hydrogen-bond donors (Lipinski definition) is 0. The number of rotatable bonds is 7. The maximum Gasteiger partial charge on any atom is 0.312 e.